The number of thiophene rings is 1. The van der Waals surface area contributed by atoms with Gasteiger partial charge in [-0.15, -0.1) is 11.3 Å². The monoisotopic (exact) mass is 395 g/mol. The second-order valence-electron chi connectivity index (χ2n) is 5.75. The second kappa shape index (κ2) is 9.43. The number of imide groups is 1. The lowest BCUT2D eigenvalue weighted by atomic mass is 10.2. The minimum Gasteiger partial charge on any atom is -0.452 e. The number of ether oxygens (including phenoxy) is 1. The van der Waals surface area contributed by atoms with Crippen LogP contribution in [0.2, 0.25) is 0 Å². The first kappa shape index (κ1) is 19.2. The van der Waals surface area contributed by atoms with Gasteiger partial charge in [-0.05, 0) is 23.1 Å². The van der Waals surface area contributed by atoms with Crippen molar-refractivity contribution in [2.45, 2.75) is 6.54 Å². The maximum absolute atomic E-state index is 11.7. The third-order valence-electron chi connectivity index (χ3n) is 3.60. The van der Waals surface area contributed by atoms with E-state index in [0.29, 0.717) is 11.4 Å². The van der Waals surface area contributed by atoms with Crippen molar-refractivity contribution in [2.24, 2.45) is 0 Å². The van der Waals surface area contributed by atoms with Gasteiger partial charge in [-0.3, -0.25) is 19.6 Å². The van der Waals surface area contributed by atoms with Crippen LogP contribution in [0.25, 0.3) is 6.08 Å². The average Bonchev–Trinajstić information content (AvgIpc) is 3.38. The summed E-state index contributed by atoms with van der Waals surface area (Å²) in [7, 11) is 0. The molecule has 0 aliphatic carbocycles. The first-order valence-corrected chi connectivity index (χ1v) is 9.27. The lowest BCUT2D eigenvalue weighted by Gasteiger charge is -2.02. The van der Waals surface area contributed by atoms with E-state index in [1.54, 1.807) is 40.7 Å². The fourth-order valence-corrected chi connectivity index (χ4v) is 2.92. The Morgan fingerprint density at radius 3 is 2.71 bits per heavy atom. The number of aromatic nitrogens is 2. The van der Waals surface area contributed by atoms with E-state index in [1.165, 1.54) is 17.4 Å². The lowest BCUT2D eigenvalue weighted by Crippen LogP contribution is -2.33. The SMILES string of the molecule is O=C(COC(=O)/C=C/c1cnn(Cc2ccccc2)c1)NC(=O)c1cccs1. The summed E-state index contributed by atoms with van der Waals surface area (Å²) in [6.45, 7) is 0.0884. The predicted octanol–water partition coefficient (Wildman–Crippen LogP) is 2.51. The summed E-state index contributed by atoms with van der Waals surface area (Å²) in [4.78, 5) is 35.5. The van der Waals surface area contributed by atoms with E-state index in [-0.39, 0.29) is 0 Å². The average molecular weight is 395 g/mol. The highest BCUT2D eigenvalue weighted by Gasteiger charge is 2.12. The third-order valence-corrected chi connectivity index (χ3v) is 4.46. The van der Waals surface area contributed by atoms with Gasteiger partial charge in [0, 0.05) is 17.8 Å². The third kappa shape index (κ3) is 5.75. The maximum Gasteiger partial charge on any atom is 0.331 e. The molecule has 7 nitrogen and oxygen atoms in total. The van der Waals surface area contributed by atoms with Crippen molar-refractivity contribution in [3.05, 3.63) is 82.3 Å². The molecule has 0 saturated heterocycles. The van der Waals surface area contributed by atoms with E-state index in [0.717, 1.165) is 11.1 Å². The zero-order valence-corrected chi connectivity index (χ0v) is 15.6. The Bertz CT molecular complexity index is 978. The molecule has 2 amide bonds. The van der Waals surface area contributed by atoms with Crippen molar-refractivity contribution in [1.82, 2.24) is 15.1 Å². The fourth-order valence-electron chi connectivity index (χ4n) is 2.30. The zero-order chi connectivity index (χ0) is 19.8. The summed E-state index contributed by atoms with van der Waals surface area (Å²) in [6, 6.07) is 13.2. The molecule has 2 aromatic heterocycles. The number of carbonyl (C=O) groups excluding carboxylic acids is 3. The minimum atomic E-state index is -0.686. The lowest BCUT2D eigenvalue weighted by molar-refractivity contribution is -0.143. The van der Waals surface area contributed by atoms with Crippen LogP contribution < -0.4 is 5.32 Å². The topological polar surface area (TPSA) is 90.3 Å². The summed E-state index contributed by atoms with van der Waals surface area (Å²) in [5.74, 6) is -1.89. The zero-order valence-electron chi connectivity index (χ0n) is 14.8. The number of nitrogens with one attached hydrogen (secondary N) is 1. The standard InChI is InChI=1S/C20H17N3O4S/c24-18(22-20(26)17-7-4-10-28-17)14-27-19(25)9-8-16-11-21-23(13-16)12-15-5-2-1-3-6-15/h1-11,13H,12,14H2,(H,22,24,26)/b9-8+. The van der Waals surface area contributed by atoms with Gasteiger partial charge in [0.15, 0.2) is 6.61 Å². The van der Waals surface area contributed by atoms with Crippen LogP contribution in [0.3, 0.4) is 0 Å². The van der Waals surface area contributed by atoms with E-state index >= 15 is 0 Å². The summed E-state index contributed by atoms with van der Waals surface area (Å²) in [5.41, 5.74) is 1.84. The molecule has 1 aromatic carbocycles. The van der Waals surface area contributed by atoms with Crippen LogP contribution in [-0.2, 0) is 20.9 Å². The minimum absolute atomic E-state index is 0.409. The van der Waals surface area contributed by atoms with Gasteiger partial charge in [-0.2, -0.15) is 5.10 Å². The van der Waals surface area contributed by atoms with Gasteiger partial charge in [0.1, 0.15) is 0 Å². The van der Waals surface area contributed by atoms with E-state index in [2.05, 4.69) is 10.4 Å². The summed E-state index contributed by atoms with van der Waals surface area (Å²) in [6.07, 6.45) is 6.17. The first-order chi connectivity index (χ1) is 13.6. The quantitative estimate of drug-likeness (QED) is 0.490. The molecule has 0 unspecified atom stereocenters. The van der Waals surface area contributed by atoms with Gasteiger partial charge in [0.2, 0.25) is 0 Å². The molecule has 0 radical (unpaired) electrons. The molecule has 0 fully saturated rings. The van der Waals surface area contributed by atoms with Crippen molar-refractivity contribution in [3.8, 4) is 0 Å². The molecule has 0 aliphatic rings. The van der Waals surface area contributed by atoms with Crippen molar-refractivity contribution in [3.63, 3.8) is 0 Å². The number of amides is 2. The summed E-state index contributed by atoms with van der Waals surface area (Å²) in [5, 5.41) is 8.12. The van der Waals surface area contributed by atoms with E-state index in [4.69, 9.17) is 4.74 Å². The normalized spacial score (nSPS) is 10.7. The fraction of sp³-hybridized carbons (Fsp3) is 0.100. The van der Waals surface area contributed by atoms with E-state index in [1.807, 2.05) is 30.3 Å². The first-order valence-electron chi connectivity index (χ1n) is 8.39. The van der Waals surface area contributed by atoms with Gasteiger partial charge < -0.3 is 4.74 Å². The van der Waals surface area contributed by atoms with Crippen LogP contribution in [0, 0.1) is 0 Å². The largest absolute Gasteiger partial charge is 0.452 e. The number of carbonyl (C=O) groups is 3. The molecule has 142 valence electrons. The van der Waals surface area contributed by atoms with E-state index < -0.39 is 24.4 Å². The van der Waals surface area contributed by atoms with Gasteiger partial charge in [0.05, 0.1) is 17.6 Å². The van der Waals surface area contributed by atoms with Crippen LogP contribution in [0.5, 0.6) is 0 Å². The molecule has 3 rings (SSSR count). The molecule has 0 atom stereocenters. The van der Waals surface area contributed by atoms with Gasteiger partial charge in [-0.25, -0.2) is 4.79 Å². The predicted molar refractivity (Wildman–Crippen MR) is 105 cm³/mol. The Hall–Kier alpha value is -3.52. The Kier molecular flexibility index (Phi) is 6.48. The van der Waals surface area contributed by atoms with Crippen molar-refractivity contribution >= 4 is 35.2 Å². The van der Waals surface area contributed by atoms with Crippen LogP contribution in [-0.4, -0.2) is 34.2 Å². The van der Waals surface area contributed by atoms with Crippen molar-refractivity contribution < 1.29 is 19.1 Å². The number of hydrogen-bond acceptors (Lipinski definition) is 6. The molecule has 28 heavy (non-hydrogen) atoms. The summed E-state index contributed by atoms with van der Waals surface area (Å²) < 4.78 is 6.59. The molecule has 2 heterocycles. The molecule has 1 N–H and O–H groups in total. The number of nitrogens with zero attached hydrogens (tertiary/aromatic N) is 2. The molecular weight excluding hydrogens is 378 g/mol. The Morgan fingerprint density at radius 2 is 1.96 bits per heavy atom. The van der Waals surface area contributed by atoms with Crippen LogP contribution in [0.15, 0.2) is 66.3 Å². The molecule has 0 aliphatic heterocycles. The molecule has 3 aromatic rings. The Labute approximate surface area is 165 Å². The highest BCUT2D eigenvalue weighted by Crippen LogP contribution is 2.08. The second-order valence-corrected chi connectivity index (χ2v) is 6.70. The number of rotatable bonds is 7. The molecule has 8 heteroatoms. The van der Waals surface area contributed by atoms with Crippen LogP contribution in [0.4, 0.5) is 0 Å². The number of hydrogen-bond donors (Lipinski definition) is 1. The van der Waals surface area contributed by atoms with Crippen molar-refractivity contribution in [1.29, 1.82) is 0 Å². The van der Waals surface area contributed by atoms with Crippen LogP contribution >= 0.6 is 11.3 Å². The Morgan fingerprint density at radius 1 is 1.14 bits per heavy atom. The highest BCUT2D eigenvalue weighted by atomic mass is 32.1. The molecule has 0 spiro atoms. The smallest absolute Gasteiger partial charge is 0.331 e. The highest BCUT2D eigenvalue weighted by molar-refractivity contribution is 7.12. The number of benzene rings is 1. The maximum atomic E-state index is 11.7. The molecule has 0 bridgehead atoms. The van der Waals surface area contributed by atoms with Crippen molar-refractivity contribution in [2.75, 3.05) is 6.61 Å². The summed E-state index contributed by atoms with van der Waals surface area (Å²) >= 11 is 1.21. The molecule has 0 saturated carbocycles. The number of esters is 1. The van der Waals surface area contributed by atoms with Gasteiger partial charge in [0.25, 0.3) is 11.8 Å². The van der Waals surface area contributed by atoms with Crippen LogP contribution in [0.1, 0.15) is 20.8 Å². The molecular formula is C20H17N3O4S. The Balaban J connectivity index is 1.44. The van der Waals surface area contributed by atoms with Gasteiger partial charge >= 0.3 is 5.97 Å². The van der Waals surface area contributed by atoms with Gasteiger partial charge in [-0.1, -0.05) is 36.4 Å². The van der Waals surface area contributed by atoms with E-state index in [9.17, 15) is 14.4 Å².